The quantitative estimate of drug-likeness (QED) is 0.786. The second-order valence-corrected chi connectivity index (χ2v) is 5.03. The molecule has 1 unspecified atom stereocenters. The Morgan fingerprint density at radius 3 is 2.57 bits per heavy atom. The Balaban J connectivity index is 2.17. The first-order chi connectivity index (χ1) is 10.0. The topological polar surface area (TPSA) is 38.1 Å². The van der Waals surface area contributed by atoms with E-state index >= 15 is 0 Å². The molecule has 0 saturated carbocycles. The van der Waals surface area contributed by atoms with Crippen molar-refractivity contribution in [3.8, 4) is 0 Å². The van der Waals surface area contributed by atoms with Gasteiger partial charge in [0.1, 0.15) is 11.8 Å². The third kappa shape index (κ3) is 2.10. The summed E-state index contributed by atoms with van der Waals surface area (Å²) in [5.41, 5.74) is 1.23. The van der Waals surface area contributed by atoms with Gasteiger partial charge in [-0.1, -0.05) is 30.3 Å². The second kappa shape index (κ2) is 4.93. The molecule has 0 amide bonds. The minimum Gasteiger partial charge on any atom is -0.382 e. The van der Waals surface area contributed by atoms with E-state index in [1.165, 1.54) is 19.1 Å². The predicted octanol–water partition coefficient (Wildman–Crippen LogP) is 3.24. The molecule has 5 heteroatoms. The van der Waals surface area contributed by atoms with E-state index in [1.54, 1.807) is 17.8 Å². The maximum Gasteiger partial charge on any atom is 0.165 e. The summed E-state index contributed by atoms with van der Waals surface area (Å²) in [5.74, 6) is -1.97. The van der Waals surface area contributed by atoms with Crippen molar-refractivity contribution in [1.82, 2.24) is 9.78 Å². The summed E-state index contributed by atoms with van der Waals surface area (Å²) in [5, 5.41) is 15.4. The molecule has 0 aliphatic rings. The van der Waals surface area contributed by atoms with Gasteiger partial charge in [-0.2, -0.15) is 5.10 Å². The SMILES string of the molecule is Cc1ccc(C(O)c2nn(C)c3ccccc23)c(F)c1F. The number of fused-ring (bicyclic) bond motifs is 1. The van der Waals surface area contributed by atoms with E-state index in [0.717, 1.165) is 5.52 Å². The molecule has 0 aliphatic carbocycles. The molecule has 1 heterocycles. The number of para-hydroxylation sites is 1. The lowest BCUT2D eigenvalue weighted by atomic mass is 10.0. The molecule has 0 fully saturated rings. The number of aromatic nitrogens is 2. The van der Waals surface area contributed by atoms with Gasteiger partial charge in [-0.15, -0.1) is 0 Å². The molecule has 3 nitrogen and oxygen atoms in total. The maximum absolute atomic E-state index is 14.0. The van der Waals surface area contributed by atoms with Crippen molar-refractivity contribution < 1.29 is 13.9 Å². The number of aliphatic hydroxyl groups excluding tert-OH is 1. The van der Waals surface area contributed by atoms with Crippen LogP contribution in [0.25, 0.3) is 10.9 Å². The van der Waals surface area contributed by atoms with E-state index in [1.807, 2.05) is 18.2 Å². The van der Waals surface area contributed by atoms with Gasteiger partial charge in [0.2, 0.25) is 0 Å². The summed E-state index contributed by atoms with van der Waals surface area (Å²) in [6.07, 6.45) is -1.31. The number of aryl methyl sites for hydroxylation is 2. The Morgan fingerprint density at radius 2 is 1.81 bits per heavy atom. The third-order valence-electron chi connectivity index (χ3n) is 3.65. The molecule has 0 bridgehead atoms. The summed E-state index contributed by atoms with van der Waals surface area (Å²) in [6, 6.07) is 10.1. The summed E-state index contributed by atoms with van der Waals surface area (Å²) < 4.78 is 29.3. The summed E-state index contributed by atoms with van der Waals surface area (Å²) in [6.45, 7) is 1.48. The molecule has 1 atom stereocenters. The van der Waals surface area contributed by atoms with Crippen molar-refractivity contribution in [2.24, 2.45) is 7.05 Å². The Kier molecular flexibility index (Phi) is 3.22. The lowest BCUT2D eigenvalue weighted by molar-refractivity contribution is 0.209. The lowest BCUT2D eigenvalue weighted by Crippen LogP contribution is -2.07. The van der Waals surface area contributed by atoms with Crippen molar-refractivity contribution in [3.63, 3.8) is 0 Å². The first-order valence-electron chi connectivity index (χ1n) is 6.55. The first kappa shape index (κ1) is 13.7. The fourth-order valence-corrected chi connectivity index (χ4v) is 2.46. The maximum atomic E-state index is 14.0. The van der Waals surface area contributed by atoms with E-state index in [-0.39, 0.29) is 11.1 Å². The van der Waals surface area contributed by atoms with Gasteiger partial charge in [0, 0.05) is 18.0 Å². The second-order valence-electron chi connectivity index (χ2n) is 5.03. The molecule has 1 N–H and O–H groups in total. The lowest BCUT2D eigenvalue weighted by Gasteiger charge is -2.11. The number of hydrogen-bond acceptors (Lipinski definition) is 2. The summed E-state index contributed by atoms with van der Waals surface area (Å²) in [7, 11) is 1.74. The number of halogens is 2. The van der Waals surface area contributed by atoms with Gasteiger partial charge in [-0.3, -0.25) is 4.68 Å². The molecular weight excluding hydrogens is 274 g/mol. The normalized spacial score (nSPS) is 12.8. The van der Waals surface area contributed by atoms with Crippen LogP contribution in [0.15, 0.2) is 36.4 Å². The van der Waals surface area contributed by atoms with Crippen molar-refractivity contribution in [3.05, 3.63) is 64.9 Å². The van der Waals surface area contributed by atoms with Crippen LogP contribution in [0.1, 0.15) is 22.9 Å². The molecule has 0 spiro atoms. The van der Waals surface area contributed by atoms with Gasteiger partial charge in [0.25, 0.3) is 0 Å². The predicted molar refractivity (Wildman–Crippen MR) is 75.9 cm³/mol. The highest BCUT2D eigenvalue weighted by atomic mass is 19.2. The van der Waals surface area contributed by atoms with Crippen molar-refractivity contribution in [1.29, 1.82) is 0 Å². The van der Waals surface area contributed by atoms with Gasteiger partial charge in [0.05, 0.1) is 5.52 Å². The molecule has 0 saturated heterocycles. The fraction of sp³-hybridized carbons (Fsp3) is 0.188. The number of nitrogens with zero attached hydrogens (tertiary/aromatic N) is 2. The highest BCUT2D eigenvalue weighted by molar-refractivity contribution is 5.82. The molecule has 21 heavy (non-hydrogen) atoms. The molecule has 3 aromatic rings. The molecule has 0 aliphatic heterocycles. The Labute approximate surface area is 120 Å². The molecule has 0 radical (unpaired) electrons. The van der Waals surface area contributed by atoms with Gasteiger partial charge in [-0.05, 0) is 18.6 Å². The van der Waals surface area contributed by atoms with E-state index in [0.29, 0.717) is 11.1 Å². The number of benzene rings is 2. The van der Waals surface area contributed by atoms with Crippen LogP contribution >= 0.6 is 0 Å². The molecule has 108 valence electrons. The van der Waals surface area contributed by atoms with Crippen LogP contribution in [0, 0.1) is 18.6 Å². The number of aliphatic hydroxyl groups is 1. The summed E-state index contributed by atoms with van der Waals surface area (Å²) in [4.78, 5) is 0. The van der Waals surface area contributed by atoms with E-state index in [4.69, 9.17) is 0 Å². The van der Waals surface area contributed by atoms with E-state index in [9.17, 15) is 13.9 Å². The van der Waals surface area contributed by atoms with Crippen molar-refractivity contribution >= 4 is 10.9 Å². The number of rotatable bonds is 2. The van der Waals surface area contributed by atoms with E-state index < -0.39 is 17.7 Å². The van der Waals surface area contributed by atoms with E-state index in [2.05, 4.69) is 5.10 Å². The van der Waals surface area contributed by atoms with Crippen LogP contribution in [0.3, 0.4) is 0 Å². The zero-order valence-corrected chi connectivity index (χ0v) is 11.6. The minimum atomic E-state index is -1.31. The molecular formula is C16H14F2N2O. The van der Waals surface area contributed by atoms with Crippen LogP contribution in [0.2, 0.25) is 0 Å². The molecule has 3 rings (SSSR count). The zero-order valence-electron chi connectivity index (χ0n) is 11.6. The van der Waals surface area contributed by atoms with Crippen molar-refractivity contribution in [2.75, 3.05) is 0 Å². The standard InChI is InChI=1S/C16H14F2N2O/c1-9-7-8-11(14(18)13(9)17)16(21)15-10-5-3-4-6-12(10)20(2)19-15/h3-8,16,21H,1-2H3. The summed E-state index contributed by atoms with van der Waals surface area (Å²) >= 11 is 0. The van der Waals surface area contributed by atoms with Crippen molar-refractivity contribution in [2.45, 2.75) is 13.0 Å². The minimum absolute atomic E-state index is 0.109. The molecule has 2 aromatic carbocycles. The van der Waals surface area contributed by atoms with Gasteiger partial charge in [0.15, 0.2) is 11.6 Å². The third-order valence-corrected chi connectivity index (χ3v) is 3.65. The average molecular weight is 288 g/mol. The largest absolute Gasteiger partial charge is 0.382 e. The highest BCUT2D eigenvalue weighted by Gasteiger charge is 2.23. The Bertz CT molecular complexity index is 827. The van der Waals surface area contributed by atoms with Crippen LogP contribution < -0.4 is 0 Å². The fourth-order valence-electron chi connectivity index (χ4n) is 2.46. The van der Waals surface area contributed by atoms with Crippen LogP contribution in [-0.2, 0) is 7.05 Å². The van der Waals surface area contributed by atoms with Crippen LogP contribution in [0.5, 0.6) is 0 Å². The van der Waals surface area contributed by atoms with Gasteiger partial charge in [-0.25, -0.2) is 8.78 Å². The zero-order chi connectivity index (χ0) is 15.1. The Hall–Kier alpha value is -2.27. The highest BCUT2D eigenvalue weighted by Crippen LogP contribution is 2.30. The van der Waals surface area contributed by atoms with Crippen LogP contribution in [-0.4, -0.2) is 14.9 Å². The number of hydrogen-bond donors (Lipinski definition) is 1. The van der Waals surface area contributed by atoms with Crippen LogP contribution in [0.4, 0.5) is 8.78 Å². The van der Waals surface area contributed by atoms with Gasteiger partial charge >= 0.3 is 0 Å². The molecule has 1 aromatic heterocycles. The average Bonchev–Trinajstić information content (AvgIpc) is 2.82. The van der Waals surface area contributed by atoms with Gasteiger partial charge < -0.3 is 5.11 Å². The monoisotopic (exact) mass is 288 g/mol. The Morgan fingerprint density at radius 1 is 1.10 bits per heavy atom. The first-order valence-corrected chi connectivity index (χ1v) is 6.55. The smallest absolute Gasteiger partial charge is 0.165 e.